The van der Waals surface area contributed by atoms with Crippen molar-refractivity contribution in [2.45, 2.75) is 6.92 Å². The Balaban J connectivity index is 2.93. The van der Waals surface area contributed by atoms with E-state index in [1.807, 2.05) is 0 Å². The van der Waals surface area contributed by atoms with Crippen molar-refractivity contribution in [1.29, 1.82) is 0 Å². The Hall–Kier alpha value is -0.590. The number of hydrogen-bond acceptors (Lipinski definition) is 2. The molecule has 1 aromatic rings. The smallest absolute Gasteiger partial charge is 0.263 e. The first kappa shape index (κ1) is 7.52. The molecule has 0 saturated carbocycles. The third kappa shape index (κ3) is 1.28. The predicted molar refractivity (Wildman–Crippen MR) is 44.8 cm³/mol. The van der Waals surface area contributed by atoms with Gasteiger partial charge in [0.15, 0.2) is 0 Å². The van der Waals surface area contributed by atoms with E-state index in [4.69, 9.17) is 0 Å². The number of H-pyrrole nitrogens is 1. The van der Waals surface area contributed by atoms with Crippen LogP contribution in [0.4, 0.5) is 0 Å². The molecule has 0 aliphatic carbocycles. The van der Waals surface area contributed by atoms with Gasteiger partial charge in [-0.25, -0.2) is 0 Å². The number of hydrogen-bond donors (Lipinski definition) is 2. The molecule has 1 amide bonds. The highest BCUT2D eigenvalue weighted by Crippen LogP contribution is 2.01. The minimum atomic E-state index is -0.119. The molecule has 0 saturated heterocycles. The fraction of sp³-hybridized carbons (Fsp3) is 0.200. The normalized spacial score (nSPS) is 9.40. The molecule has 0 aromatic carbocycles. The summed E-state index contributed by atoms with van der Waals surface area (Å²) < 4.78 is 2.48. The molecular weight excluding hydrogens is 245 g/mol. The van der Waals surface area contributed by atoms with Gasteiger partial charge in [-0.2, -0.15) is 5.10 Å². The van der Waals surface area contributed by atoms with Gasteiger partial charge in [0.05, 0.1) is 34.1 Å². The number of nitrogens with one attached hydrogen (secondary N) is 2. The third-order valence-corrected chi connectivity index (χ3v) is 1.65. The van der Waals surface area contributed by atoms with Crippen LogP contribution in [0.1, 0.15) is 16.1 Å². The molecule has 0 radical (unpaired) electrons. The van der Waals surface area contributed by atoms with Crippen molar-refractivity contribution < 1.29 is 4.79 Å². The Labute approximate surface area is 71.9 Å². The van der Waals surface area contributed by atoms with Crippen LogP contribution in [0.5, 0.6) is 0 Å². The number of nitrogens with zero attached hydrogens (tertiary/aromatic N) is 1. The standard InChI is InChI=1S/C5H6IN3O/c1-3-4(2-7-9-3)5(10)8-6/h2H,1H3,(H,7,9)(H,8,10). The van der Waals surface area contributed by atoms with Gasteiger partial charge in [0, 0.05) is 6.20 Å². The lowest BCUT2D eigenvalue weighted by molar-refractivity contribution is 0.0989. The molecule has 54 valence electrons. The molecule has 5 heteroatoms. The summed E-state index contributed by atoms with van der Waals surface area (Å²) in [4.78, 5) is 10.9. The molecule has 10 heavy (non-hydrogen) atoms. The van der Waals surface area contributed by atoms with Crippen molar-refractivity contribution >= 4 is 28.8 Å². The lowest BCUT2D eigenvalue weighted by atomic mass is 10.3. The molecule has 4 nitrogen and oxygen atoms in total. The van der Waals surface area contributed by atoms with Gasteiger partial charge in [0.2, 0.25) is 0 Å². The van der Waals surface area contributed by atoms with Crippen LogP contribution in [0.25, 0.3) is 0 Å². The molecule has 1 heterocycles. The number of halogens is 1. The van der Waals surface area contributed by atoms with Gasteiger partial charge < -0.3 is 0 Å². The molecule has 1 rings (SSSR count). The van der Waals surface area contributed by atoms with Gasteiger partial charge in [-0.15, -0.1) is 0 Å². The Morgan fingerprint density at radius 3 is 3.00 bits per heavy atom. The molecule has 2 N–H and O–H groups in total. The van der Waals surface area contributed by atoms with Gasteiger partial charge in [-0.1, -0.05) is 0 Å². The summed E-state index contributed by atoms with van der Waals surface area (Å²) >= 11 is 1.79. The van der Waals surface area contributed by atoms with Crippen molar-refractivity contribution in [3.63, 3.8) is 0 Å². The minimum Gasteiger partial charge on any atom is -0.295 e. The zero-order valence-electron chi connectivity index (χ0n) is 5.31. The van der Waals surface area contributed by atoms with E-state index in [2.05, 4.69) is 13.7 Å². The molecule has 0 fully saturated rings. The molecule has 0 spiro atoms. The SMILES string of the molecule is Cc1n[nH]cc1C(=O)NI. The topological polar surface area (TPSA) is 57.8 Å². The number of aromatic nitrogens is 2. The highest BCUT2D eigenvalue weighted by molar-refractivity contribution is 14.1. The van der Waals surface area contributed by atoms with E-state index in [9.17, 15) is 4.79 Å². The van der Waals surface area contributed by atoms with E-state index in [0.29, 0.717) is 11.3 Å². The van der Waals surface area contributed by atoms with Crippen LogP contribution in [0.15, 0.2) is 6.20 Å². The molecule has 0 bridgehead atoms. The predicted octanol–water partition coefficient (Wildman–Crippen LogP) is 0.798. The lowest BCUT2D eigenvalue weighted by Gasteiger charge is -1.91. The van der Waals surface area contributed by atoms with E-state index >= 15 is 0 Å². The maximum atomic E-state index is 10.9. The van der Waals surface area contributed by atoms with Crippen LogP contribution in [-0.2, 0) is 0 Å². The van der Waals surface area contributed by atoms with Gasteiger partial charge in [-0.05, 0) is 6.92 Å². The van der Waals surface area contributed by atoms with Gasteiger partial charge in [0.1, 0.15) is 0 Å². The van der Waals surface area contributed by atoms with Crippen LogP contribution < -0.4 is 3.53 Å². The summed E-state index contributed by atoms with van der Waals surface area (Å²) in [6.07, 6.45) is 1.57. The Kier molecular flexibility index (Phi) is 2.25. The Morgan fingerprint density at radius 1 is 1.90 bits per heavy atom. The van der Waals surface area contributed by atoms with Crippen molar-refractivity contribution in [2.24, 2.45) is 0 Å². The van der Waals surface area contributed by atoms with Crippen molar-refractivity contribution in [1.82, 2.24) is 13.7 Å². The minimum absolute atomic E-state index is 0.119. The van der Waals surface area contributed by atoms with Crippen LogP contribution >= 0.6 is 22.9 Å². The fourth-order valence-corrected chi connectivity index (χ4v) is 0.930. The summed E-state index contributed by atoms with van der Waals surface area (Å²) in [5.74, 6) is -0.119. The number of aryl methyl sites for hydroxylation is 1. The quantitative estimate of drug-likeness (QED) is 0.572. The average Bonchev–Trinajstić information content (AvgIpc) is 2.34. The van der Waals surface area contributed by atoms with Crippen LogP contribution in [0.3, 0.4) is 0 Å². The molecule has 0 atom stereocenters. The number of carbonyl (C=O) groups is 1. The largest absolute Gasteiger partial charge is 0.295 e. The molecular formula is C5H6IN3O. The van der Waals surface area contributed by atoms with E-state index in [1.54, 1.807) is 36.0 Å². The number of rotatable bonds is 1. The van der Waals surface area contributed by atoms with E-state index in [-0.39, 0.29) is 5.91 Å². The fourth-order valence-electron chi connectivity index (χ4n) is 0.639. The van der Waals surface area contributed by atoms with E-state index < -0.39 is 0 Å². The molecule has 0 unspecified atom stereocenters. The summed E-state index contributed by atoms with van der Waals surface area (Å²) in [5, 5.41) is 6.40. The van der Waals surface area contributed by atoms with Crippen LogP contribution in [-0.4, -0.2) is 16.1 Å². The third-order valence-electron chi connectivity index (χ3n) is 1.16. The van der Waals surface area contributed by atoms with Crippen LogP contribution in [0, 0.1) is 6.92 Å². The average molecular weight is 251 g/mol. The Bertz CT molecular complexity index is 245. The lowest BCUT2D eigenvalue weighted by Crippen LogP contribution is -2.11. The maximum Gasteiger partial charge on any atom is 0.263 e. The maximum absolute atomic E-state index is 10.9. The summed E-state index contributed by atoms with van der Waals surface area (Å²) in [5.41, 5.74) is 1.31. The first-order valence-corrected chi connectivity index (χ1v) is 3.75. The van der Waals surface area contributed by atoms with Gasteiger partial charge >= 0.3 is 0 Å². The molecule has 0 aliphatic heterocycles. The monoisotopic (exact) mass is 251 g/mol. The van der Waals surface area contributed by atoms with Gasteiger partial charge in [-0.3, -0.25) is 13.4 Å². The second-order valence-electron chi connectivity index (χ2n) is 1.81. The zero-order chi connectivity index (χ0) is 7.56. The van der Waals surface area contributed by atoms with E-state index in [0.717, 1.165) is 0 Å². The molecule has 0 aliphatic rings. The van der Waals surface area contributed by atoms with E-state index in [1.165, 1.54) is 0 Å². The highest BCUT2D eigenvalue weighted by Gasteiger charge is 2.07. The first-order valence-electron chi connectivity index (χ1n) is 2.67. The summed E-state index contributed by atoms with van der Waals surface area (Å²) in [6.45, 7) is 1.78. The second-order valence-corrected chi connectivity index (χ2v) is 2.35. The summed E-state index contributed by atoms with van der Waals surface area (Å²) in [6, 6.07) is 0. The highest BCUT2D eigenvalue weighted by atomic mass is 127. The number of carbonyl (C=O) groups excluding carboxylic acids is 1. The number of aromatic amines is 1. The second kappa shape index (κ2) is 3.00. The Morgan fingerprint density at radius 2 is 2.60 bits per heavy atom. The first-order chi connectivity index (χ1) is 4.75. The van der Waals surface area contributed by atoms with Crippen molar-refractivity contribution in [3.8, 4) is 0 Å². The van der Waals surface area contributed by atoms with Crippen molar-refractivity contribution in [2.75, 3.05) is 0 Å². The molecule has 1 aromatic heterocycles. The van der Waals surface area contributed by atoms with Crippen LogP contribution in [0.2, 0.25) is 0 Å². The van der Waals surface area contributed by atoms with Gasteiger partial charge in [0.25, 0.3) is 5.91 Å². The van der Waals surface area contributed by atoms with Crippen molar-refractivity contribution in [3.05, 3.63) is 17.5 Å². The summed E-state index contributed by atoms with van der Waals surface area (Å²) in [7, 11) is 0. The number of amides is 1. The zero-order valence-corrected chi connectivity index (χ0v) is 7.47.